The Kier molecular flexibility index (Phi) is 7.01. The van der Waals surface area contributed by atoms with Crippen molar-refractivity contribution in [2.45, 2.75) is 77.3 Å². The Labute approximate surface area is 221 Å². The van der Waals surface area contributed by atoms with Crippen molar-refractivity contribution in [2.75, 3.05) is 32.5 Å². The summed E-state index contributed by atoms with van der Waals surface area (Å²) in [6.45, 7) is 11.4. The summed E-state index contributed by atoms with van der Waals surface area (Å²) in [5, 5.41) is 4.32. The van der Waals surface area contributed by atoms with Crippen LogP contribution >= 0.6 is 0 Å². The van der Waals surface area contributed by atoms with Crippen molar-refractivity contribution in [2.24, 2.45) is 5.92 Å². The molecule has 1 N–H and O–H groups in total. The number of carbonyl (C=O) groups excluding carboxylic acids is 1. The van der Waals surface area contributed by atoms with Crippen molar-refractivity contribution in [3.05, 3.63) is 47.8 Å². The zero-order chi connectivity index (χ0) is 26.3. The standard InChI is InChI=1S/C30H42N6O/c1-7-30(15-12-21(30)4)36-26(28(37)34(5)6)18-24-19-31-29(33-27(24)36)32-25-10-8-22(9-11-25)23-13-16-35(17-14-23)20(2)3/h8-11,18-21,23H,7,12-17H2,1-6H3,(H,31,32,33)/t21-,30?/m1/s1. The number of hydrogen-bond acceptors (Lipinski definition) is 5. The molecule has 7 heteroatoms. The van der Waals surface area contributed by atoms with Crippen molar-refractivity contribution in [3.8, 4) is 0 Å². The highest BCUT2D eigenvalue weighted by Gasteiger charge is 2.46. The molecule has 1 aliphatic carbocycles. The fraction of sp³-hybridized carbons (Fsp3) is 0.567. The molecule has 1 aromatic carbocycles. The normalized spacial score (nSPS) is 22.8. The van der Waals surface area contributed by atoms with E-state index in [0.29, 0.717) is 29.5 Å². The number of fused-ring (bicyclic) bond motifs is 1. The Bertz CT molecular complexity index is 1250. The SMILES string of the molecule is CCC1(n2c(C(=O)N(C)C)cc3cnc(Nc4ccc(C5CCN(C(C)C)CC5)cc4)nc32)CC[C@H]1C. The van der Waals surface area contributed by atoms with Crippen LogP contribution in [0.4, 0.5) is 11.6 Å². The predicted octanol–water partition coefficient (Wildman–Crippen LogP) is 6.00. The first-order chi connectivity index (χ1) is 17.7. The van der Waals surface area contributed by atoms with E-state index in [0.717, 1.165) is 29.6 Å². The third-order valence-electron chi connectivity index (χ3n) is 9.05. The van der Waals surface area contributed by atoms with Gasteiger partial charge in [-0.25, -0.2) is 4.98 Å². The number of aromatic nitrogens is 3. The molecule has 1 aliphatic heterocycles. The number of benzene rings is 1. The lowest BCUT2D eigenvalue weighted by Crippen LogP contribution is -2.49. The molecule has 5 rings (SSSR count). The fourth-order valence-corrected chi connectivity index (χ4v) is 6.39. The molecule has 1 saturated heterocycles. The lowest BCUT2D eigenvalue weighted by atomic mass is 9.65. The van der Waals surface area contributed by atoms with Gasteiger partial charge in [-0.1, -0.05) is 26.0 Å². The molecule has 1 saturated carbocycles. The van der Waals surface area contributed by atoms with E-state index >= 15 is 0 Å². The van der Waals surface area contributed by atoms with E-state index in [-0.39, 0.29) is 11.4 Å². The number of nitrogens with zero attached hydrogens (tertiary/aromatic N) is 5. The predicted molar refractivity (Wildman–Crippen MR) is 151 cm³/mol. The topological polar surface area (TPSA) is 66.3 Å². The molecular formula is C30H42N6O. The molecule has 1 unspecified atom stereocenters. The number of amides is 1. The molecule has 2 atom stereocenters. The van der Waals surface area contributed by atoms with Crippen LogP contribution in [0.1, 0.15) is 81.8 Å². The Balaban J connectivity index is 1.41. The Morgan fingerprint density at radius 2 is 1.86 bits per heavy atom. The number of anilines is 2. The maximum atomic E-state index is 13.2. The van der Waals surface area contributed by atoms with Crippen LogP contribution < -0.4 is 5.32 Å². The van der Waals surface area contributed by atoms with Gasteiger partial charge in [-0.3, -0.25) is 4.79 Å². The van der Waals surface area contributed by atoms with E-state index in [1.165, 1.54) is 37.9 Å². The summed E-state index contributed by atoms with van der Waals surface area (Å²) < 4.78 is 2.22. The average Bonchev–Trinajstić information content (AvgIpc) is 3.27. The van der Waals surface area contributed by atoms with Crippen LogP contribution in [0.2, 0.25) is 0 Å². The minimum Gasteiger partial charge on any atom is -0.343 e. The lowest BCUT2D eigenvalue weighted by molar-refractivity contribution is 0.0488. The van der Waals surface area contributed by atoms with Gasteiger partial charge < -0.3 is 19.7 Å². The zero-order valence-electron chi connectivity index (χ0n) is 23.3. The second kappa shape index (κ2) is 10.1. The molecule has 3 heterocycles. The van der Waals surface area contributed by atoms with Crippen LogP contribution in [0.25, 0.3) is 11.0 Å². The molecule has 198 valence electrons. The van der Waals surface area contributed by atoms with E-state index in [9.17, 15) is 4.79 Å². The summed E-state index contributed by atoms with van der Waals surface area (Å²) in [7, 11) is 3.62. The first-order valence-electron chi connectivity index (χ1n) is 13.9. The van der Waals surface area contributed by atoms with Crippen LogP contribution in [0, 0.1) is 5.92 Å². The molecule has 37 heavy (non-hydrogen) atoms. The summed E-state index contributed by atoms with van der Waals surface area (Å²) in [4.78, 5) is 27.0. The third-order valence-corrected chi connectivity index (χ3v) is 9.05. The third kappa shape index (κ3) is 4.63. The van der Waals surface area contributed by atoms with Gasteiger partial charge in [0.05, 0.1) is 0 Å². The quantitative estimate of drug-likeness (QED) is 0.429. The number of piperidine rings is 1. The number of rotatable bonds is 7. The van der Waals surface area contributed by atoms with E-state index in [4.69, 9.17) is 4.98 Å². The van der Waals surface area contributed by atoms with Crippen LogP contribution in [0.3, 0.4) is 0 Å². The number of nitrogens with one attached hydrogen (secondary N) is 1. The van der Waals surface area contributed by atoms with Gasteiger partial charge in [-0.15, -0.1) is 0 Å². The number of likely N-dealkylation sites (tertiary alicyclic amines) is 1. The smallest absolute Gasteiger partial charge is 0.270 e. The number of hydrogen-bond donors (Lipinski definition) is 1. The van der Waals surface area contributed by atoms with Crippen molar-refractivity contribution >= 4 is 28.6 Å². The fourth-order valence-electron chi connectivity index (χ4n) is 6.39. The molecule has 7 nitrogen and oxygen atoms in total. The molecular weight excluding hydrogens is 460 g/mol. The van der Waals surface area contributed by atoms with Gasteiger partial charge in [0.2, 0.25) is 5.95 Å². The minimum absolute atomic E-state index is 0.00857. The molecule has 0 radical (unpaired) electrons. The maximum Gasteiger partial charge on any atom is 0.270 e. The van der Waals surface area contributed by atoms with Gasteiger partial charge in [0.1, 0.15) is 11.3 Å². The summed E-state index contributed by atoms with van der Waals surface area (Å²) in [5.41, 5.74) is 3.85. The lowest BCUT2D eigenvalue weighted by Gasteiger charge is -2.50. The minimum atomic E-state index is -0.0822. The van der Waals surface area contributed by atoms with Gasteiger partial charge in [-0.2, -0.15) is 4.98 Å². The molecule has 2 aliphatic rings. The maximum absolute atomic E-state index is 13.2. The highest BCUT2D eigenvalue weighted by molar-refractivity contribution is 5.98. The van der Waals surface area contributed by atoms with E-state index in [1.807, 2.05) is 26.4 Å². The first-order valence-corrected chi connectivity index (χ1v) is 13.9. The average molecular weight is 503 g/mol. The van der Waals surface area contributed by atoms with Crippen LogP contribution in [0.15, 0.2) is 36.5 Å². The molecule has 1 amide bonds. The Morgan fingerprint density at radius 3 is 2.41 bits per heavy atom. The number of carbonyl (C=O) groups is 1. The molecule has 3 aromatic rings. The van der Waals surface area contributed by atoms with Gasteiger partial charge in [0, 0.05) is 42.9 Å². The van der Waals surface area contributed by atoms with Gasteiger partial charge >= 0.3 is 0 Å². The highest BCUT2D eigenvalue weighted by atomic mass is 16.2. The van der Waals surface area contributed by atoms with Gasteiger partial charge in [-0.05, 0) is 94.6 Å². The van der Waals surface area contributed by atoms with Gasteiger partial charge in [0.25, 0.3) is 5.91 Å². The van der Waals surface area contributed by atoms with Crippen molar-refractivity contribution < 1.29 is 4.79 Å². The summed E-state index contributed by atoms with van der Waals surface area (Å²) >= 11 is 0. The Morgan fingerprint density at radius 1 is 1.16 bits per heavy atom. The van der Waals surface area contributed by atoms with E-state index in [2.05, 4.69) is 71.7 Å². The van der Waals surface area contributed by atoms with Crippen LogP contribution in [0.5, 0.6) is 0 Å². The molecule has 0 bridgehead atoms. The highest BCUT2D eigenvalue weighted by Crippen LogP contribution is 2.49. The second-order valence-electron chi connectivity index (χ2n) is 11.6. The van der Waals surface area contributed by atoms with Crippen molar-refractivity contribution in [1.29, 1.82) is 0 Å². The zero-order valence-corrected chi connectivity index (χ0v) is 23.3. The van der Waals surface area contributed by atoms with Crippen molar-refractivity contribution in [1.82, 2.24) is 24.3 Å². The van der Waals surface area contributed by atoms with Crippen LogP contribution in [-0.2, 0) is 5.54 Å². The summed E-state index contributed by atoms with van der Waals surface area (Å²) in [6.07, 6.45) is 7.47. The molecule has 2 aromatic heterocycles. The second-order valence-corrected chi connectivity index (χ2v) is 11.6. The summed E-state index contributed by atoms with van der Waals surface area (Å²) in [5.74, 6) is 1.69. The largest absolute Gasteiger partial charge is 0.343 e. The Hall–Kier alpha value is -2.93. The molecule has 2 fully saturated rings. The van der Waals surface area contributed by atoms with Gasteiger partial charge in [0.15, 0.2) is 0 Å². The summed E-state index contributed by atoms with van der Waals surface area (Å²) in [6, 6.07) is 11.4. The van der Waals surface area contributed by atoms with Crippen LogP contribution in [-0.4, -0.2) is 63.5 Å². The van der Waals surface area contributed by atoms with Crippen molar-refractivity contribution in [3.63, 3.8) is 0 Å². The first kappa shape index (κ1) is 25.7. The van der Waals surface area contributed by atoms with E-state index < -0.39 is 0 Å². The molecule has 0 spiro atoms. The van der Waals surface area contributed by atoms with E-state index in [1.54, 1.807) is 4.90 Å². The monoisotopic (exact) mass is 502 g/mol.